The Bertz CT molecular complexity index is 576. The highest BCUT2D eigenvalue weighted by Gasteiger charge is 2.51. The van der Waals surface area contributed by atoms with Gasteiger partial charge in [-0.3, -0.25) is 4.79 Å². The number of rotatable bonds is 5. The number of hydrogen-bond donors (Lipinski definition) is 0. The zero-order valence-electron chi connectivity index (χ0n) is 14.1. The molecular weight excluding hydrogens is 294 g/mol. The molecule has 0 radical (unpaired) electrons. The second-order valence-electron chi connectivity index (χ2n) is 6.60. The van der Waals surface area contributed by atoms with Crippen LogP contribution in [0.15, 0.2) is 18.2 Å². The van der Waals surface area contributed by atoms with Gasteiger partial charge in [0.15, 0.2) is 11.5 Å². The molecule has 5 nitrogen and oxygen atoms in total. The molecule has 1 saturated carbocycles. The monoisotopic (exact) mass is 319 g/mol. The van der Waals surface area contributed by atoms with Gasteiger partial charge in [-0.2, -0.15) is 0 Å². The molecule has 3 rings (SSSR count). The first kappa shape index (κ1) is 16.1. The average molecular weight is 319 g/mol. The summed E-state index contributed by atoms with van der Waals surface area (Å²) in [6, 6.07) is 6.66. The summed E-state index contributed by atoms with van der Waals surface area (Å²) >= 11 is 0. The van der Waals surface area contributed by atoms with E-state index in [2.05, 4.69) is 24.1 Å². The average Bonchev–Trinajstić information content (AvgIpc) is 2.92. The van der Waals surface area contributed by atoms with Gasteiger partial charge in [-0.05, 0) is 50.6 Å². The van der Waals surface area contributed by atoms with Crippen molar-refractivity contribution in [1.29, 1.82) is 0 Å². The molecule has 23 heavy (non-hydrogen) atoms. The van der Waals surface area contributed by atoms with Gasteiger partial charge >= 0.3 is 0 Å². The Morgan fingerprint density at radius 3 is 2.70 bits per heavy atom. The van der Waals surface area contributed by atoms with Crippen LogP contribution in [0.5, 0.6) is 11.5 Å². The van der Waals surface area contributed by atoms with Crippen LogP contribution in [0.4, 0.5) is 0 Å². The first-order chi connectivity index (χ1) is 11.1. The molecule has 1 aliphatic carbocycles. The predicted octanol–water partition coefficient (Wildman–Crippen LogP) is 2.37. The lowest BCUT2D eigenvalue weighted by Crippen LogP contribution is -2.47. The first-order valence-electron chi connectivity index (χ1n) is 8.16. The fraction of sp³-hybridized carbons (Fsp3) is 0.611. The zero-order valence-corrected chi connectivity index (χ0v) is 14.1. The van der Waals surface area contributed by atoms with Crippen molar-refractivity contribution < 1.29 is 19.0 Å². The molecule has 1 unspecified atom stereocenters. The van der Waals surface area contributed by atoms with Crippen LogP contribution in [0.2, 0.25) is 0 Å². The van der Waals surface area contributed by atoms with Gasteiger partial charge in [0.25, 0.3) is 6.47 Å². The molecular formula is C18H25NO4. The topological polar surface area (TPSA) is 48.0 Å². The number of hydrogen-bond acceptors (Lipinski definition) is 5. The summed E-state index contributed by atoms with van der Waals surface area (Å²) in [5.74, 6) is 1.53. The molecule has 0 spiro atoms. The van der Waals surface area contributed by atoms with Crippen molar-refractivity contribution in [3.63, 3.8) is 0 Å². The van der Waals surface area contributed by atoms with E-state index < -0.39 is 0 Å². The molecule has 1 saturated heterocycles. The summed E-state index contributed by atoms with van der Waals surface area (Å²) < 4.78 is 16.1. The van der Waals surface area contributed by atoms with Crippen molar-refractivity contribution in [2.24, 2.45) is 0 Å². The molecule has 0 N–H and O–H groups in total. The van der Waals surface area contributed by atoms with Crippen LogP contribution in [-0.4, -0.2) is 51.3 Å². The number of carbonyl (C=O) groups excluding carboxylic acids is 1. The molecule has 1 aromatic carbocycles. The highest BCUT2D eigenvalue weighted by Crippen LogP contribution is 2.50. The van der Waals surface area contributed by atoms with Gasteiger partial charge in [0.1, 0.15) is 6.10 Å². The molecule has 0 bridgehead atoms. The van der Waals surface area contributed by atoms with Gasteiger partial charge in [-0.1, -0.05) is 6.07 Å². The van der Waals surface area contributed by atoms with Gasteiger partial charge < -0.3 is 19.1 Å². The van der Waals surface area contributed by atoms with Gasteiger partial charge in [0, 0.05) is 17.9 Å². The Hall–Kier alpha value is -1.75. The van der Waals surface area contributed by atoms with E-state index >= 15 is 0 Å². The van der Waals surface area contributed by atoms with Gasteiger partial charge in [-0.15, -0.1) is 0 Å². The van der Waals surface area contributed by atoms with E-state index in [1.807, 2.05) is 6.07 Å². The number of ether oxygens (including phenoxy) is 3. The highest BCUT2D eigenvalue weighted by atomic mass is 16.5. The molecule has 1 heterocycles. The summed E-state index contributed by atoms with van der Waals surface area (Å²) in [5, 5.41) is 0. The van der Waals surface area contributed by atoms with E-state index in [0.29, 0.717) is 12.5 Å². The Labute approximate surface area is 137 Å². The standard InChI is InChI=1S/C18H25NO4/c1-19-9-8-18(7-6-14(23-12-20)11-17(18)19)13-4-5-15(21-2)16(10-13)22-3/h4-5,10,12,14,17H,6-9,11H2,1-3H3/t14?,17-,18-/m0/s1. The van der Waals surface area contributed by atoms with Crippen molar-refractivity contribution >= 4 is 6.47 Å². The van der Waals surface area contributed by atoms with Crippen LogP contribution in [0, 0.1) is 0 Å². The Balaban J connectivity index is 1.95. The molecule has 126 valence electrons. The third-order valence-electron chi connectivity index (χ3n) is 5.69. The van der Waals surface area contributed by atoms with E-state index in [4.69, 9.17) is 14.2 Å². The minimum atomic E-state index is 0.0336. The van der Waals surface area contributed by atoms with Gasteiger partial charge in [-0.25, -0.2) is 0 Å². The lowest BCUT2D eigenvalue weighted by atomic mass is 9.65. The van der Waals surface area contributed by atoms with Crippen LogP contribution in [-0.2, 0) is 14.9 Å². The number of likely N-dealkylation sites (tertiary alicyclic amines) is 1. The SMILES string of the molecule is COc1ccc([C@@]23CCC(OC=O)C[C@@H]2N(C)CC3)cc1OC. The maximum absolute atomic E-state index is 10.7. The lowest BCUT2D eigenvalue weighted by Gasteiger charge is -2.44. The summed E-state index contributed by atoms with van der Waals surface area (Å²) in [6.07, 6.45) is 3.99. The fourth-order valence-corrected chi connectivity index (χ4v) is 4.43. The Morgan fingerprint density at radius 2 is 2.00 bits per heavy atom. The second kappa shape index (κ2) is 6.40. The van der Waals surface area contributed by atoms with E-state index in [0.717, 1.165) is 43.7 Å². The molecule has 2 aliphatic rings. The van der Waals surface area contributed by atoms with Crippen molar-refractivity contribution in [2.45, 2.75) is 43.2 Å². The summed E-state index contributed by atoms with van der Waals surface area (Å²) in [4.78, 5) is 13.1. The number of likely N-dealkylation sites (N-methyl/N-ethyl adjacent to an activating group) is 1. The van der Waals surface area contributed by atoms with E-state index in [9.17, 15) is 4.79 Å². The molecule has 5 heteroatoms. The van der Waals surface area contributed by atoms with Crippen LogP contribution in [0.3, 0.4) is 0 Å². The largest absolute Gasteiger partial charge is 0.493 e. The van der Waals surface area contributed by atoms with Crippen LogP contribution < -0.4 is 9.47 Å². The molecule has 3 atom stereocenters. The highest BCUT2D eigenvalue weighted by molar-refractivity contribution is 5.46. The smallest absolute Gasteiger partial charge is 0.293 e. The van der Waals surface area contributed by atoms with Gasteiger partial charge in [0.2, 0.25) is 0 Å². The summed E-state index contributed by atoms with van der Waals surface area (Å²) in [7, 11) is 5.49. The van der Waals surface area contributed by atoms with Gasteiger partial charge in [0.05, 0.1) is 14.2 Å². The molecule has 0 aromatic heterocycles. The van der Waals surface area contributed by atoms with E-state index in [-0.39, 0.29) is 11.5 Å². The minimum Gasteiger partial charge on any atom is -0.493 e. The summed E-state index contributed by atoms with van der Waals surface area (Å²) in [6.45, 7) is 1.65. The maximum atomic E-state index is 10.7. The molecule has 0 amide bonds. The third kappa shape index (κ3) is 2.67. The van der Waals surface area contributed by atoms with Crippen LogP contribution in [0.1, 0.15) is 31.2 Å². The Kier molecular flexibility index (Phi) is 4.48. The first-order valence-corrected chi connectivity index (χ1v) is 8.16. The molecule has 1 aromatic rings. The van der Waals surface area contributed by atoms with Crippen LogP contribution in [0.25, 0.3) is 0 Å². The Morgan fingerprint density at radius 1 is 1.22 bits per heavy atom. The number of nitrogens with zero attached hydrogens (tertiary/aromatic N) is 1. The maximum Gasteiger partial charge on any atom is 0.293 e. The number of benzene rings is 1. The summed E-state index contributed by atoms with van der Waals surface area (Å²) in [5.41, 5.74) is 1.41. The van der Waals surface area contributed by atoms with E-state index in [1.165, 1.54) is 5.56 Å². The molecule has 2 fully saturated rings. The normalized spacial score (nSPS) is 30.6. The third-order valence-corrected chi connectivity index (χ3v) is 5.69. The van der Waals surface area contributed by atoms with Crippen LogP contribution >= 0.6 is 0 Å². The van der Waals surface area contributed by atoms with Crippen molar-refractivity contribution in [3.05, 3.63) is 23.8 Å². The molecule has 1 aliphatic heterocycles. The minimum absolute atomic E-state index is 0.0336. The lowest BCUT2D eigenvalue weighted by molar-refractivity contribution is -0.136. The fourth-order valence-electron chi connectivity index (χ4n) is 4.43. The van der Waals surface area contributed by atoms with Crippen molar-refractivity contribution in [1.82, 2.24) is 4.90 Å². The van der Waals surface area contributed by atoms with Crippen molar-refractivity contribution in [3.8, 4) is 11.5 Å². The number of methoxy groups -OCH3 is 2. The van der Waals surface area contributed by atoms with E-state index in [1.54, 1.807) is 14.2 Å². The zero-order chi connectivity index (χ0) is 16.4. The van der Waals surface area contributed by atoms with Crippen molar-refractivity contribution in [2.75, 3.05) is 27.8 Å². The number of fused-ring (bicyclic) bond motifs is 1. The number of carbonyl (C=O) groups is 1. The predicted molar refractivity (Wildman–Crippen MR) is 87.0 cm³/mol. The quantitative estimate of drug-likeness (QED) is 0.780. The second-order valence-corrected chi connectivity index (χ2v) is 6.60.